The van der Waals surface area contributed by atoms with Gasteiger partial charge in [0.05, 0.1) is 25.9 Å². The van der Waals surface area contributed by atoms with E-state index in [1.54, 1.807) is 7.11 Å². The van der Waals surface area contributed by atoms with Gasteiger partial charge in [0.2, 0.25) is 0 Å². The summed E-state index contributed by atoms with van der Waals surface area (Å²) in [4.78, 5) is 24.6. The van der Waals surface area contributed by atoms with Crippen molar-refractivity contribution < 1.29 is 60.4 Å². The molecule has 1 unspecified atom stereocenters. The summed E-state index contributed by atoms with van der Waals surface area (Å²) in [5.41, 5.74) is 1.28. The van der Waals surface area contributed by atoms with Gasteiger partial charge in [-0.3, -0.25) is 9.88 Å². The van der Waals surface area contributed by atoms with Crippen LogP contribution in [-0.2, 0) is 30.2 Å². The van der Waals surface area contributed by atoms with E-state index in [1.807, 2.05) is 18.5 Å². The number of hydrogen-bond acceptors (Lipinski definition) is 7. The Morgan fingerprint density at radius 3 is 2.19 bits per heavy atom. The van der Waals surface area contributed by atoms with Crippen LogP contribution in [-0.4, -0.2) is 103 Å². The SMILES string of the molecule is COCCO[C@H]1CCN(CC2CCOC2)[C@H]1Cc1cccnc1.O=C(O)C(F)(F)F.O=C(O)C(F)(F)F. The monoisotopic (exact) mass is 548 g/mol. The number of rotatable bonds is 8. The van der Waals surface area contributed by atoms with Gasteiger partial charge in [0.1, 0.15) is 0 Å². The van der Waals surface area contributed by atoms with Crippen LogP contribution in [0, 0.1) is 5.92 Å². The Morgan fingerprint density at radius 2 is 1.73 bits per heavy atom. The van der Waals surface area contributed by atoms with Crippen LogP contribution >= 0.6 is 0 Å². The van der Waals surface area contributed by atoms with Crippen LogP contribution in [0.15, 0.2) is 24.5 Å². The molecular weight excluding hydrogens is 518 g/mol. The van der Waals surface area contributed by atoms with Gasteiger partial charge in [-0.15, -0.1) is 0 Å². The Hall–Kier alpha value is -2.49. The first kappa shape index (κ1) is 32.5. The molecule has 3 rings (SSSR count). The van der Waals surface area contributed by atoms with Crippen LogP contribution < -0.4 is 0 Å². The van der Waals surface area contributed by atoms with Crippen molar-refractivity contribution in [2.45, 2.75) is 43.8 Å². The first-order valence-corrected chi connectivity index (χ1v) is 11.2. The van der Waals surface area contributed by atoms with Crippen molar-refractivity contribution in [3.63, 3.8) is 0 Å². The Bertz CT molecular complexity index is 781. The average Bonchev–Trinajstić information content (AvgIpc) is 3.45. The Kier molecular flexibility index (Phi) is 13.8. The first-order valence-electron chi connectivity index (χ1n) is 11.2. The Morgan fingerprint density at radius 1 is 1.11 bits per heavy atom. The molecular formula is C22H30F6N2O7. The van der Waals surface area contributed by atoms with Crippen LogP contribution in [0.25, 0.3) is 0 Å². The maximum absolute atomic E-state index is 10.6. The van der Waals surface area contributed by atoms with Gasteiger partial charge in [-0.05, 0) is 36.8 Å². The third kappa shape index (κ3) is 13.0. The molecule has 37 heavy (non-hydrogen) atoms. The summed E-state index contributed by atoms with van der Waals surface area (Å²) in [5, 5.41) is 14.2. The highest BCUT2D eigenvalue weighted by Gasteiger charge is 2.39. The number of aromatic nitrogens is 1. The van der Waals surface area contributed by atoms with E-state index >= 15 is 0 Å². The fraction of sp³-hybridized carbons (Fsp3) is 0.682. The van der Waals surface area contributed by atoms with E-state index in [1.165, 1.54) is 12.0 Å². The average molecular weight is 548 g/mol. The maximum atomic E-state index is 10.6. The second-order valence-corrected chi connectivity index (χ2v) is 8.15. The fourth-order valence-electron chi connectivity index (χ4n) is 3.67. The number of carbonyl (C=O) groups is 2. The van der Waals surface area contributed by atoms with Gasteiger partial charge >= 0.3 is 24.3 Å². The predicted octanol–water partition coefficient (Wildman–Crippen LogP) is 3.03. The lowest BCUT2D eigenvalue weighted by Crippen LogP contribution is -2.41. The topological polar surface area (TPSA) is 118 Å². The molecule has 1 aromatic rings. The summed E-state index contributed by atoms with van der Waals surface area (Å²) in [6.07, 6.45) is -2.79. The molecule has 15 heteroatoms. The van der Waals surface area contributed by atoms with Crippen molar-refractivity contribution in [1.82, 2.24) is 9.88 Å². The molecule has 9 nitrogen and oxygen atoms in total. The van der Waals surface area contributed by atoms with Crippen LogP contribution in [0.5, 0.6) is 0 Å². The van der Waals surface area contributed by atoms with Gasteiger partial charge in [-0.1, -0.05) is 6.07 Å². The van der Waals surface area contributed by atoms with Gasteiger partial charge in [-0.2, -0.15) is 26.3 Å². The molecule has 0 saturated carbocycles. The van der Waals surface area contributed by atoms with Crippen molar-refractivity contribution in [3.8, 4) is 0 Å². The minimum Gasteiger partial charge on any atom is -0.475 e. The number of likely N-dealkylation sites (tertiary alicyclic amines) is 1. The van der Waals surface area contributed by atoms with E-state index in [0.717, 1.165) is 39.1 Å². The molecule has 0 spiro atoms. The third-order valence-corrected chi connectivity index (χ3v) is 5.39. The number of halogens is 6. The minimum atomic E-state index is -5.08. The first-order chi connectivity index (χ1) is 17.3. The summed E-state index contributed by atoms with van der Waals surface area (Å²) in [7, 11) is 1.72. The van der Waals surface area contributed by atoms with E-state index in [-0.39, 0.29) is 6.10 Å². The van der Waals surface area contributed by atoms with Gasteiger partial charge in [-0.25, -0.2) is 9.59 Å². The van der Waals surface area contributed by atoms with Crippen molar-refractivity contribution in [3.05, 3.63) is 30.1 Å². The normalized spacial score (nSPS) is 22.0. The zero-order valence-electron chi connectivity index (χ0n) is 20.0. The fourth-order valence-corrected chi connectivity index (χ4v) is 3.67. The minimum absolute atomic E-state index is 0.285. The lowest BCUT2D eigenvalue weighted by Gasteiger charge is -2.30. The highest BCUT2D eigenvalue weighted by Crippen LogP contribution is 2.27. The van der Waals surface area contributed by atoms with Crippen LogP contribution in [0.2, 0.25) is 0 Å². The van der Waals surface area contributed by atoms with Gasteiger partial charge in [0.25, 0.3) is 0 Å². The van der Waals surface area contributed by atoms with E-state index in [2.05, 4.69) is 16.0 Å². The van der Waals surface area contributed by atoms with Gasteiger partial charge in [0, 0.05) is 45.2 Å². The van der Waals surface area contributed by atoms with E-state index in [0.29, 0.717) is 25.2 Å². The summed E-state index contributed by atoms with van der Waals surface area (Å²) in [6.45, 7) is 5.39. The highest BCUT2D eigenvalue weighted by atomic mass is 19.4. The molecule has 2 aliphatic heterocycles. The number of nitrogens with zero attached hydrogens (tertiary/aromatic N) is 2. The third-order valence-electron chi connectivity index (χ3n) is 5.39. The Labute approximate surface area is 209 Å². The number of carboxylic acids is 2. The Balaban J connectivity index is 0.000000404. The summed E-state index contributed by atoms with van der Waals surface area (Å²) >= 11 is 0. The number of hydrogen-bond donors (Lipinski definition) is 2. The molecule has 2 saturated heterocycles. The van der Waals surface area contributed by atoms with Crippen molar-refractivity contribution >= 4 is 11.9 Å². The second-order valence-electron chi connectivity index (χ2n) is 8.15. The zero-order chi connectivity index (χ0) is 28.1. The summed E-state index contributed by atoms with van der Waals surface area (Å²) in [6, 6.07) is 4.60. The molecule has 0 bridgehead atoms. The molecule has 2 N–H and O–H groups in total. The van der Waals surface area contributed by atoms with Crippen LogP contribution in [0.1, 0.15) is 18.4 Å². The molecule has 3 atom stereocenters. The molecule has 1 aromatic heterocycles. The van der Waals surface area contributed by atoms with Crippen LogP contribution in [0.4, 0.5) is 26.3 Å². The van der Waals surface area contributed by atoms with Crippen LogP contribution in [0.3, 0.4) is 0 Å². The molecule has 3 heterocycles. The number of ether oxygens (including phenoxy) is 3. The van der Waals surface area contributed by atoms with Crippen molar-refractivity contribution in [1.29, 1.82) is 0 Å². The molecule has 212 valence electrons. The van der Waals surface area contributed by atoms with E-state index in [4.69, 9.17) is 34.0 Å². The number of aliphatic carboxylic acids is 2. The standard InChI is InChI=1S/C18H28N2O3.2C2HF3O2/c1-21-9-10-23-18-4-7-20(13-16-5-8-22-14-16)17(18)11-15-3-2-6-19-12-15;2*3-2(4,5)1(6)7/h2-3,6,12,16-18H,4-5,7-11,13-14H2,1H3;2*(H,6,7)/t16?,17-,18-;;/m0../s1. The predicted molar refractivity (Wildman–Crippen MR) is 116 cm³/mol. The van der Waals surface area contributed by atoms with Crippen molar-refractivity contribution in [2.24, 2.45) is 5.92 Å². The largest absolute Gasteiger partial charge is 0.490 e. The summed E-state index contributed by atoms with van der Waals surface area (Å²) in [5.74, 6) is -4.84. The molecule has 0 aromatic carbocycles. The van der Waals surface area contributed by atoms with Gasteiger partial charge in [0.15, 0.2) is 0 Å². The van der Waals surface area contributed by atoms with Gasteiger partial charge < -0.3 is 24.4 Å². The molecule has 2 fully saturated rings. The smallest absolute Gasteiger partial charge is 0.475 e. The quantitative estimate of drug-likeness (QED) is 0.373. The molecule has 0 radical (unpaired) electrons. The number of pyridine rings is 1. The second kappa shape index (κ2) is 15.7. The lowest BCUT2D eigenvalue weighted by molar-refractivity contribution is -0.193. The van der Waals surface area contributed by atoms with Crippen molar-refractivity contribution in [2.75, 3.05) is 46.6 Å². The lowest BCUT2D eigenvalue weighted by atomic mass is 10.0. The number of methoxy groups -OCH3 is 1. The van der Waals surface area contributed by atoms with E-state index in [9.17, 15) is 26.3 Å². The molecule has 0 aliphatic carbocycles. The summed E-state index contributed by atoms with van der Waals surface area (Å²) < 4.78 is 80.2. The maximum Gasteiger partial charge on any atom is 0.490 e. The zero-order valence-corrected chi connectivity index (χ0v) is 20.0. The molecule has 2 aliphatic rings. The number of alkyl halides is 6. The molecule has 0 amide bonds. The highest BCUT2D eigenvalue weighted by molar-refractivity contribution is 5.73. The van der Waals surface area contributed by atoms with E-state index < -0.39 is 24.3 Å². The number of carboxylic acid groups (broad SMARTS) is 2.